The van der Waals surface area contributed by atoms with Crippen LogP contribution in [0, 0.1) is 17.2 Å². The summed E-state index contributed by atoms with van der Waals surface area (Å²) < 4.78 is 13.6. The molecule has 1 aromatic rings. The molecule has 1 saturated carbocycles. The Hall–Kier alpha value is -1.16. The number of rotatable bonds is 2. The molecule has 0 radical (unpaired) electrons. The van der Waals surface area contributed by atoms with E-state index in [0.717, 1.165) is 18.8 Å². The minimum absolute atomic E-state index is 0.280. The minimum Gasteiger partial charge on any atom is -0.360 e. The zero-order valence-electron chi connectivity index (χ0n) is 13.1. The van der Waals surface area contributed by atoms with Crippen molar-refractivity contribution in [1.29, 1.82) is 0 Å². The number of benzene rings is 1. The second kappa shape index (κ2) is 6.73. The molecule has 0 amide bonds. The second-order valence-electron chi connectivity index (χ2n) is 6.99. The molecule has 0 aliphatic heterocycles. The Bertz CT molecular complexity index is 488. The van der Waals surface area contributed by atoms with Gasteiger partial charge in [0.1, 0.15) is 5.82 Å². The third kappa shape index (κ3) is 4.67. The zero-order chi connectivity index (χ0) is 15.5. The van der Waals surface area contributed by atoms with Crippen molar-refractivity contribution in [3.8, 4) is 0 Å². The topological polar surface area (TPSA) is 24.1 Å². The second-order valence-corrected chi connectivity index (χ2v) is 7.40. The Morgan fingerprint density at radius 1 is 1.14 bits per heavy atom. The molecule has 1 fully saturated rings. The van der Waals surface area contributed by atoms with Gasteiger partial charge in [0.05, 0.1) is 5.69 Å². The van der Waals surface area contributed by atoms with Gasteiger partial charge in [-0.15, -0.1) is 0 Å². The van der Waals surface area contributed by atoms with E-state index in [9.17, 15) is 4.39 Å². The lowest BCUT2D eigenvalue weighted by molar-refractivity contribution is 0.166. The van der Waals surface area contributed by atoms with Crippen LogP contribution in [-0.4, -0.2) is 11.2 Å². The van der Waals surface area contributed by atoms with Crippen molar-refractivity contribution in [2.75, 3.05) is 5.32 Å². The Kier molecular flexibility index (Phi) is 5.20. The van der Waals surface area contributed by atoms with Crippen LogP contribution in [0.1, 0.15) is 46.5 Å². The summed E-state index contributed by atoms with van der Waals surface area (Å²) in [6.45, 7) is 6.95. The molecule has 116 valence electrons. The van der Waals surface area contributed by atoms with Crippen molar-refractivity contribution in [1.82, 2.24) is 5.32 Å². The fourth-order valence-corrected chi connectivity index (χ4v) is 3.29. The third-order valence-electron chi connectivity index (χ3n) is 4.41. The third-order valence-corrected chi connectivity index (χ3v) is 4.63. The summed E-state index contributed by atoms with van der Waals surface area (Å²) in [6.07, 6.45) is 4.70. The largest absolute Gasteiger partial charge is 0.360 e. The summed E-state index contributed by atoms with van der Waals surface area (Å²) in [5.41, 5.74) is 0.815. The van der Waals surface area contributed by atoms with E-state index in [1.54, 1.807) is 18.2 Å². The molecule has 0 saturated heterocycles. The van der Waals surface area contributed by atoms with Crippen LogP contribution >= 0.6 is 12.2 Å². The van der Waals surface area contributed by atoms with Crippen LogP contribution < -0.4 is 10.6 Å². The first kappa shape index (κ1) is 16.2. The summed E-state index contributed by atoms with van der Waals surface area (Å²) in [7, 11) is 0. The van der Waals surface area contributed by atoms with Gasteiger partial charge in [0.25, 0.3) is 0 Å². The van der Waals surface area contributed by atoms with E-state index in [1.807, 2.05) is 0 Å². The van der Waals surface area contributed by atoms with Gasteiger partial charge in [-0.3, -0.25) is 0 Å². The molecule has 0 bridgehead atoms. The molecule has 0 unspecified atom stereocenters. The maximum absolute atomic E-state index is 13.6. The smallest absolute Gasteiger partial charge is 0.171 e. The van der Waals surface area contributed by atoms with Gasteiger partial charge in [-0.05, 0) is 61.4 Å². The van der Waals surface area contributed by atoms with Crippen molar-refractivity contribution in [3.05, 3.63) is 30.1 Å². The molecule has 0 spiro atoms. The number of halogens is 1. The Morgan fingerprint density at radius 3 is 2.33 bits per heavy atom. The number of anilines is 1. The lowest BCUT2D eigenvalue weighted by Crippen LogP contribution is -2.41. The summed E-state index contributed by atoms with van der Waals surface area (Å²) in [5.74, 6) is 0.502. The molecule has 1 aliphatic rings. The molecule has 21 heavy (non-hydrogen) atoms. The van der Waals surface area contributed by atoms with Gasteiger partial charge < -0.3 is 10.6 Å². The van der Waals surface area contributed by atoms with Gasteiger partial charge in [0, 0.05) is 6.04 Å². The normalized spacial score (nSPS) is 22.7. The fourth-order valence-electron chi connectivity index (χ4n) is 3.01. The van der Waals surface area contributed by atoms with Crippen molar-refractivity contribution in [2.45, 2.75) is 52.5 Å². The van der Waals surface area contributed by atoms with Crippen LogP contribution in [-0.2, 0) is 0 Å². The highest BCUT2D eigenvalue weighted by molar-refractivity contribution is 7.80. The number of nitrogens with one attached hydrogen (secondary N) is 2. The first-order chi connectivity index (χ1) is 9.86. The van der Waals surface area contributed by atoms with Crippen LogP contribution in [0.25, 0.3) is 0 Å². The molecule has 0 aromatic heterocycles. The van der Waals surface area contributed by atoms with Gasteiger partial charge >= 0.3 is 0 Å². The first-order valence-corrected chi connectivity index (χ1v) is 8.09. The SMILES string of the molecule is CC(C)(C)C1CCC(NC(=S)Nc2ccccc2F)CC1. The quantitative estimate of drug-likeness (QED) is 0.773. The molecule has 0 heterocycles. The van der Waals surface area contributed by atoms with Crippen LogP contribution in [0.2, 0.25) is 0 Å². The molecule has 2 nitrogen and oxygen atoms in total. The van der Waals surface area contributed by atoms with Crippen LogP contribution in [0.15, 0.2) is 24.3 Å². The monoisotopic (exact) mass is 308 g/mol. The van der Waals surface area contributed by atoms with E-state index < -0.39 is 0 Å². The lowest BCUT2D eigenvalue weighted by atomic mass is 9.71. The molecular weight excluding hydrogens is 283 g/mol. The first-order valence-electron chi connectivity index (χ1n) is 7.68. The highest BCUT2D eigenvalue weighted by Gasteiger charge is 2.29. The summed E-state index contributed by atoms with van der Waals surface area (Å²) in [4.78, 5) is 0. The highest BCUT2D eigenvalue weighted by atomic mass is 32.1. The predicted octanol–water partition coefficient (Wildman–Crippen LogP) is 4.72. The maximum Gasteiger partial charge on any atom is 0.171 e. The summed E-state index contributed by atoms with van der Waals surface area (Å²) in [6, 6.07) is 6.99. The Labute approximate surface area is 132 Å². The van der Waals surface area contributed by atoms with Gasteiger partial charge in [-0.1, -0.05) is 32.9 Å². The van der Waals surface area contributed by atoms with Gasteiger partial charge in [0.15, 0.2) is 5.11 Å². The van der Waals surface area contributed by atoms with Crippen LogP contribution in [0.4, 0.5) is 10.1 Å². The summed E-state index contributed by atoms with van der Waals surface area (Å²) >= 11 is 5.29. The fraction of sp³-hybridized carbons (Fsp3) is 0.588. The molecule has 0 atom stereocenters. The number of hydrogen-bond acceptors (Lipinski definition) is 1. The van der Waals surface area contributed by atoms with Crippen molar-refractivity contribution < 1.29 is 4.39 Å². The summed E-state index contributed by atoms with van der Waals surface area (Å²) in [5, 5.41) is 6.78. The van der Waals surface area contributed by atoms with Crippen molar-refractivity contribution >= 4 is 23.0 Å². The molecule has 4 heteroatoms. The van der Waals surface area contributed by atoms with Crippen LogP contribution in [0.5, 0.6) is 0 Å². The van der Waals surface area contributed by atoms with Gasteiger partial charge in [-0.25, -0.2) is 4.39 Å². The average Bonchev–Trinajstić information content (AvgIpc) is 2.41. The van der Waals surface area contributed by atoms with Crippen molar-refractivity contribution in [2.24, 2.45) is 11.3 Å². The number of thiocarbonyl (C=S) groups is 1. The van der Waals surface area contributed by atoms with E-state index in [1.165, 1.54) is 18.9 Å². The van der Waals surface area contributed by atoms with E-state index in [4.69, 9.17) is 12.2 Å². The number of para-hydroxylation sites is 1. The lowest BCUT2D eigenvalue weighted by Gasteiger charge is -2.37. The van der Waals surface area contributed by atoms with E-state index in [0.29, 0.717) is 22.3 Å². The van der Waals surface area contributed by atoms with Crippen LogP contribution in [0.3, 0.4) is 0 Å². The van der Waals surface area contributed by atoms with Gasteiger partial charge in [0.2, 0.25) is 0 Å². The Morgan fingerprint density at radius 2 is 1.76 bits per heavy atom. The average molecular weight is 308 g/mol. The molecule has 1 aromatic carbocycles. The van der Waals surface area contributed by atoms with E-state index in [-0.39, 0.29) is 5.82 Å². The standard InChI is InChI=1S/C17H25FN2S/c1-17(2,3)12-8-10-13(11-9-12)19-16(21)20-15-7-5-4-6-14(15)18/h4-7,12-13H,8-11H2,1-3H3,(H2,19,20,21). The van der Waals surface area contributed by atoms with E-state index >= 15 is 0 Å². The zero-order valence-corrected chi connectivity index (χ0v) is 13.9. The predicted molar refractivity (Wildman–Crippen MR) is 91.0 cm³/mol. The maximum atomic E-state index is 13.6. The van der Waals surface area contributed by atoms with Gasteiger partial charge in [-0.2, -0.15) is 0 Å². The van der Waals surface area contributed by atoms with Crippen molar-refractivity contribution in [3.63, 3.8) is 0 Å². The molecule has 2 rings (SSSR count). The Balaban J connectivity index is 1.81. The molecule has 1 aliphatic carbocycles. The minimum atomic E-state index is -0.280. The number of hydrogen-bond donors (Lipinski definition) is 2. The highest BCUT2D eigenvalue weighted by Crippen LogP contribution is 2.37. The molecular formula is C17H25FN2S. The molecule has 2 N–H and O–H groups in total. The van der Waals surface area contributed by atoms with E-state index in [2.05, 4.69) is 31.4 Å².